The number of hydrogen-bond donors (Lipinski definition) is 1. The van der Waals surface area contributed by atoms with Crippen molar-refractivity contribution in [2.24, 2.45) is 0 Å². The van der Waals surface area contributed by atoms with Crippen molar-refractivity contribution in [3.8, 4) is 5.75 Å². The molecule has 4 aromatic carbocycles. The van der Waals surface area contributed by atoms with Gasteiger partial charge in [0, 0.05) is 19.0 Å². The lowest BCUT2D eigenvalue weighted by Gasteiger charge is -2.34. The van der Waals surface area contributed by atoms with Crippen molar-refractivity contribution < 1.29 is 22.7 Å². The first-order valence-electron chi connectivity index (χ1n) is 15.2. The summed E-state index contributed by atoms with van der Waals surface area (Å²) < 4.78 is 34.5. The van der Waals surface area contributed by atoms with E-state index in [4.69, 9.17) is 4.74 Å². The molecule has 0 aromatic heterocycles. The van der Waals surface area contributed by atoms with E-state index in [1.165, 1.54) is 24.1 Å². The Morgan fingerprint density at radius 3 is 1.93 bits per heavy atom. The molecule has 1 N–H and O–H groups in total. The summed E-state index contributed by atoms with van der Waals surface area (Å²) >= 11 is 0. The lowest BCUT2D eigenvalue weighted by molar-refractivity contribution is -0.140. The normalized spacial score (nSPS) is 14.0. The summed E-state index contributed by atoms with van der Waals surface area (Å²) in [5, 5.41) is 3.20. The second kappa shape index (κ2) is 14.9. The van der Waals surface area contributed by atoms with E-state index in [-0.39, 0.29) is 29.8 Å². The molecular formula is C36H39N3O5S. The molecule has 234 valence electrons. The van der Waals surface area contributed by atoms with Crippen LogP contribution >= 0.6 is 0 Å². The van der Waals surface area contributed by atoms with Crippen LogP contribution in [0.25, 0.3) is 0 Å². The lowest BCUT2D eigenvalue weighted by atomic mass is 10.0. The molecule has 0 heterocycles. The van der Waals surface area contributed by atoms with Crippen molar-refractivity contribution in [1.82, 2.24) is 10.2 Å². The van der Waals surface area contributed by atoms with E-state index >= 15 is 0 Å². The van der Waals surface area contributed by atoms with Gasteiger partial charge in [-0.25, -0.2) is 8.42 Å². The maximum atomic E-state index is 14.5. The Kier molecular flexibility index (Phi) is 10.5. The smallest absolute Gasteiger partial charge is 0.264 e. The van der Waals surface area contributed by atoms with Crippen LogP contribution < -0.4 is 14.4 Å². The molecule has 9 heteroatoms. The van der Waals surface area contributed by atoms with Gasteiger partial charge in [0.1, 0.15) is 18.3 Å². The van der Waals surface area contributed by atoms with Gasteiger partial charge in [0.05, 0.1) is 17.7 Å². The van der Waals surface area contributed by atoms with Crippen molar-refractivity contribution in [2.75, 3.05) is 18.0 Å². The average molecular weight is 626 g/mol. The van der Waals surface area contributed by atoms with Gasteiger partial charge in [0.2, 0.25) is 11.8 Å². The second-order valence-electron chi connectivity index (χ2n) is 11.2. The molecule has 1 saturated carbocycles. The topological polar surface area (TPSA) is 96.0 Å². The third-order valence-corrected chi connectivity index (χ3v) is 9.93. The Bertz CT molecular complexity index is 1640. The SMILES string of the molecule is COc1ccc(S(=O)(=O)N(CC(=O)N(Cc2ccccc2)C(Cc2ccccc2)C(=O)NC2CCCC2)c2ccccc2)cc1. The first-order valence-corrected chi connectivity index (χ1v) is 16.7. The summed E-state index contributed by atoms with van der Waals surface area (Å²) in [5.74, 6) is -0.205. The van der Waals surface area contributed by atoms with Crippen LogP contribution in [-0.2, 0) is 32.6 Å². The van der Waals surface area contributed by atoms with Crippen LogP contribution in [0.2, 0.25) is 0 Å². The van der Waals surface area contributed by atoms with Gasteiger partial charge in [-0.2, -0.15) is 0 Å². The van der Waals surface area contributed by atoms with E-state index in [1.807, 2.05) is 60.7 Å². The van der Waals surface area contributed by atoms with Gasteiger partial charge in [-0.15, -0.1) is 0 Å². The minimum atomic E-state index is -4.17. The number of ether oxygens (including phenoxy) is 1. The quantitative estimate of drug-likeness (QED) is 0.209. The summed E-state index contributed by atoms with van der Waals surface area (Å²) in [4.78, 5) is 30.1. The lowest BCUT2D eigenvalue weighted by Crippen LogP contribution is -2.54. The second-order valence-corrected chi connectivity index (χ2v) is 13.1. The molecule has 1 aliphatic rings. The molecule has 0 saturated heterocycles. The van der Waals surface area contributed by atoms with E-state index in [0.29, 0.717) is 11.4 Å². The van der Waals surface area contributed by atoms with E-state index in [1.54, 1.807) is 42.5 Å². The number of sulfonamides is 1. The van der Waals surface area contributed by atoms with E-state index in [0.717, 1.165) is 41.1 Å². The molecule has 0 aliphatic heterocycles. The van der Waals surface area contributed by atoms with Crippen molar-refractivity contribution in [3.05, 3.63) is 126 Å². The number of methoxy groups -OCH3 is 1. The number of carbonyl (C=O) groups is 2. The number of carbonyl (C=O) groups excluding carboxylic acids is 2. The van der Waals surface area contributed by atoms with Gasteiger partial charge in [-0.3, -0.25) is 13.9 Å². The number of para-hydroxylation sites is 1. The average Bonchev–Trinajstić information content (AvgIpc) is 3.59. The number of anilines is 1. The summed E-state index contributed by atoms with van der Waals surface area (Å²) in [6, 6.07) is 32.9. The first-order chi connectivity index (χ1) is 21.8. The molecule has 1 aliphatic carbocycles. The fraction of sp³-hybridized carbons (Fsp3) is 0.278. The van der Waals surface area contributed by atoms with Gasteiger partial charge in [-0.05, 0) is 60.4 Å². The molecule has 1 fully saturated rings. The monoisotopic (exact) mass is 625 g/mol. The summed E-state index contributed by atoms with van der Waals surface area (Å²) in [5.41, 5.74) is 2.08. The highest BCUT2D eigenvalue weighted by molar-refractivity contribution is 7.92. The molecule has 45 heavy (non-hydrogen) atoms. The van der Waals surface area contributed by atoms with E-state index < -0.39 is 28.5 Å². The first kappa shape index (κ1) is 31.8. The van der Waals surface area contributed by atoms with Crippen molar-refractivity contribution in [2.45, 2.75) is 55.6 Å². The predicted molar refractivity (Wildman–Crippen MR) is 175 cm³/mol. The van der Waals surface area contributed by atoms with Crippen LogP contribution in [0.1, 0.15) is 36.8 Å². The van der Waals surface area contributed by atoms with E-state index in [9.17, 15) is 18.0 Å². The molecule has 0 bridgehead atoms. The Hall–Kier alpha value is -4.63. The third kappa shape index (κ3) is 8.10. The highest BCUT2D eigenvalue weighted by Crippen LogP contribution is 2.26. The molecule has 8 nitrogen and oxygen atoms in total. The number of nitrogens with one attached hydrogen (secondary N) is 1. The number of amides is 2. The molecular weight excluding hydrogens is 586 g/mol. The minimum absolute atomic E-state index is 0.0226. The van der Waals surface area contributed by atoms with Crippen molar-refractivity contribution in [3.63, 3.8) is 0 Å². The minimum Gasteiger partial charge on any atom is -0.497 e. The molecule has 5 rings (SSSR count). The van der Waals surface area contributed by atoms with Crippen LogP contribution in [0.5, 0.6) is 5.75 Å². The summed E-state index contributed by atoms with van der Waals surface area (Å²) in [6.45, 7) is -0.353. The van der Waals surface area contributed by atoms with E-state index in [2.05, 4.69) is 5.32 Å². The summed E-state index contributed by atoms with van der Waals surface area (Å²) in [7, 11) is -2.67. The van der Waals surface area contributed by atoms with Crippen molar-refractivity contribution >= 4 is 27.5 Å². The van der Waals surface area contributed by atoms with Gasteiger partial charge < -0.3 is 15.0 Å². The van der Waals surface area contributed by atoms with Gasteiger partial charge in [0.15, 0.2) is 0 Å². The number of benzene rings is 4. The number of nitrogens with zero attached hydrogens (tertiary/aromatic N) is 2. The van der Waals surface area contributed by atoms with Gasteiger partial charge >= 0.3 is 0 Å². The maximum Gasteiger partial charge on any atom is 0.264 e. The van der Waals surface area contributed by atoms with Crippen LogP contribution in [0, 0.1) is 0 Å². The molecule has 4 aromatic rings. The zero-order valence-electron chi connectivity index (χ0n) is 25.4. The molecule has 0 radical (unpaired) electrons. The van der Waals surface area contributed by atoms with Gasteiger partial charge in [0.25, 0.3) is 10.0 Å². The Morgan fingerprint density at radius 1 is 0.800 bits per heavy atom. The highest BCUT2D eigenvalue weighted by Gasteiger charge is 2.35. The fourth-order valence-electron chi connectivity index (χ4n) is 5.70. The van der Waals surface area contributed by atoms with Crippen molar-refractivity contribution in [1.29, 1.82) is 0 Å². The zero-order chi connectivity index (χ0) is 31.6. The molecule has 0 spiro atoms. The maximum absolute atomic E-state index is 14.5. The zero-order valence-corrected chi connectivity index (χ0v) is 26.2. The summed E-state index contributed by atoms with van der Waals surface area (Å²) in [6.07, 6.45) is 4.19. The Balaban J connectivity index is 1.53. The molecule has 1 unspecified atom stereocenters. The molecule has 1 atom stereocenters. The molecule has 2 amide bonds. The Labute approximate surface area is 265 Å². The van der Waals surface area contributed by atoms with Crippen LogP contribution in [0.15, 0.2) is 120 Å². The third-order valence-electron chi connectivity index (χ3n) is 8.14. The van der Waals surface area contributed by atoms with Gasteiger partial charge in [-0.1, -0.05) is 91.7 Å². The standard InChI is InChI=1S/C36H39N3O5S/c1-44-32-21-23-33(24-22-32)45(42,43)39(31-19-9-4-10-20-31)27-35(40)38(26-29-15-7-3-8-16-29)34(25-28-13-5-2-6-14-28)36(41)37-30-17-11-12-18-30/h2-10,13-16,19-24,30,34H,11-12,17-18,25-27H2,1H3,(H,37,41). The number of rotatable bonds is 13. The largest absolute Gasteiger partial charge is 0.497 e. The predicted octanol–water partition coefficient (Wildman–Crippen LogP) is 5.59. The van der Waals surface area contributed by atoms with Crippen LogP contribution in [-0.4, -0.2) is 50.9 Å². The number of hydrogen-bond acceptors (Lipinski definition) is 5. The fourth-order valence-corrected chi connectivity index (χ4v) is 7.11. The Morgan fingerprint density at radius 2 is 1.36 bits per heavy atom. The van der Waals surface area contributed by atoms with Crippen LogP contribution in [0.3, 0.4) is 0 Å². The van der Waals surface area contributed by atoms with Crippen LogP contribution in [0.4, 0.5) is 5.69 Å². The highest BCUT2D eigenvalue weighted by atomic mass is 32.2.